The average molecular weight is 659 g/mol. The summed E-state index contributed by atoms with van der Waals surface area (Å²) in [7, 11) is -3.73. The third-order valence-corrected chi connectivity index (χ3v) is 12.0. The number of aryl methyl sites for hydroxylation is 1. The normalized spacial score (nSPS) is 15.0. The topological polar surface area (TPSA) is 131 Å². The molecular formula is C34H38N6O4S2. The molecule has 0 bridgehead atoms. The van der Waals surface area contributed by atoms with E-state index in [-0.39, 0.29) is 11.3 Å². The molecular weight excluding hydrogens is 621 g/mol. The molecule has 1 aliphatic heterocycles. The molecule has 12 heteroatoms. The van der Waals surface area contributed by atoms with Crippen molar-refractivity contribution in [3.63, 3.8) is 0 Å². The third-order valence-electron chi connectivity index (χ3n) is 8.18. The van der Waals surface area contributed by atoms with E-state index >= 15 is 0 Å². The first kappa shape index (κ1) is 31.7. The van der Waals surface area contributed by atoms with Crippen molar-refractivity contribution in [2.24, 2.45) is 5.92 Å². The molecule has 46 heavy (non-hydrogen) atoms. The van der Waals surface area contributed by atoms with Gasteiger partial charge in [0.2, 0.25) is 0 Å². The largest absolute Gasteiger partial charge is 0.443 e. The van der Waals surface area contributed by atoms with Crippen LogP contribution in [0.15, 0.2) is 87.9 Å². The highest BCUT2D eigenvalue weighted by Gasteiger charge is 2.38. The van der Waals surface area contributed by atoms with Crippen LogP contribution in [0.25, 0.3) is 16.3 Å². The van der Waals surface area contributed by atoms with Crippen molar-refractivity contribution in [2.75, 3.05) is 23.7 Å². The molecule has 10 nitrogen and oxygen atoms in total. The summed E-state index contributed by atoms with van der Waals surface area (Å²) in [6.07, 6.45) is 4.41. The standard InChI is InChI=1S/C34H38N6O4S2/c1-22-5-11-26(12-6-22)40-30(19-29(39-40)34(2,3)4)38-33(41)37-25-9-7-23(8-10-25)32(24-15-17-35-18-16-24)46(42,43)31-14-13-28(45-31)27-20-36-21-44-27/h5-14,19-21,24,32,35H,15-18H2,1-4H3,(H2,37,38,41). The van der Waals surface area contributed by atoms with Crippen LogP contribution >= 0.6 is 11.3 Å². The molecule has 1 saturated heterocycles. The van der Waals surface area contributed by atoms with Gasteiger partial charge in [0, 0.05) is 17.2 Å². The van der Waals surface area contributed by atoms with E-state index in [1.807, 2.05) is 37.3 Å². The number of thiophene rings is 1. The number of sulfone groups is 1. The van der Waals surface area contributed by atoms with Gasteiger partial charge >= 0.3 is 6.03 Å². The molecule has 2 aromatic carbocycles. The number of oxazole rings is 1. The maximum absolute atomic E-state index is 14.2. The van der Waals surface area contributed by atoms with Crippen LogP contribution in [0, 0.1) is 12.8 Å². The number of aromatic nitrogens is 3. The minimum atomic E-state index is -3.73. The Bertz CT molecular complexity index is 1900. The number of hydrogen-bond acceptors (Lipinski definition) is 8. The van der Waals surface area contributed by atoms with Gasteiger partial charge in [0.15, 0.2) is 22.0 Å². The van der Waals surface area contributed by atoms with Crippen molar-refractivity contribution in [3.05, 3.63) is 96.1 Å². The molecule has 1 unspecified atom stereocenters. The van der Waals surface area contributed by atoms with Crippen LogP contribution in [0.3, 0.4) is 0 Å². The average Bonchev–Trinajstić information content (AvgIpc) is 3.80. The predicted octanol–water partition coefficient (Wildman–Crippen LogP) is 7.35. The maximum atomic E-state index is 14.2. The molecule has 6 rings (SSSR count). The fraction of sp³-hybridized carbons (Fsp3) is 0.324. The summed E-state index contributed by atoms with van der Waals surface area (Å²) >= 11 is 1.19. The van der Waals surface area contributed by atoms with E-state index < -0.39 is 21.1 Å². The Kier molecular flexibility index (Phi) is 8.86. The zero-order valence-electron chi connectivity index (χ0n) is 26.3. The molecule has 5 aromatic rings. The smallest absolute Gasteiger partial charge is 0.324 e. The Morgan fingerprint density at radius 1 is 1.02 bits per heavy atom. The lowest BCUT2D eigenvalue weighted by Gasteiger charge is -2.30. The van der Waals surface area contributed by atoms with Gasteiger partial charge in [-0.25, -0.2) is 22.9 Å². The molecule has 3 N–H and O–H groups in total. The van der Waals surface area contributed by atoms with E-state index in [0.717, 1.165) is 42.9 Å². The van der Waals surface area contributed by atoms with Gasteiger partial charge in [0.1, 0.15) is 10.0 Å². The number of rotatable bonds is 8. The van der Waals surface area contributed by atoms with Gasteiger partial charge in [0.05, 0.1) is 27.7 Å². The predicted molar refractivity (Wildman–Crippen MR) is 181 cm³/mol. The summed E-state index contributed by atoms with van der Waals surface area (Å²) < 4.78 is 35.8. The summed E-state index contributed by atoms with van der Waals surface area (Å²) in [5.41, 5.74) is 3.83. The van der Waals surface area contributed by atoms with E-state index in [1.165, 1.54) is 17.7 Å². The first-order chi connectivity index (χ1) is 22.0. The number of benzene rings is 2. The Morgan fingerprint density at radius 3 is 2.39 bits per heavy atom. The molecule has 1 atom stereocenters. The van der Waals surface area contributed by atoms with Crippen LogP contribution in [0.1, 0.15) is 55.7 Å². The van der Waals surface area contributed by atoms with Crippen LogP contribution in [0.4, 0.5) is 16.3 Å². The molecule has 240 valence electrons. The van der Waals surface area contributed by atoms with Gasteiger partial charge in [0.25, 0.3) is 0 Å². The van der Waals surface area contributed by atoms with E-state index in [9.17, 15) is 13.2 Å². The minimum absolute atomic E-state index is 0.0525. The molecule has 0 saturated carbocycles. The molecule has 1 aliphatic rings. The summed E-state index contributed by atoms with van der Waals surface area (Å²) in [6, 6.07) is 19.9. The van der Waals surface area contributed by atoms with Crippen LogP contribution in [0.5, 0.6) is 0 Å². The minimum Gasteiger partial charge on any atom is -0.443 e. The zero-order valence-corrected chi connectivity index (χ0v) is 27.9. The third kappa shape index (κ3) is 6.79. The molecule has 2 amide bonds. The lowest BCUT2D eigenvalue weighted by Crippen LogP contribution is -2.33. The summed E-state index contributed by atoms with van der Waals surface area (Å²) in [5, 5.41) is 13.2. The van der Waals surface area contributed by atoms with E-state index in [2.05, 4.69) is 41.7 Å². The Labute approximate surface area is 273 Å². The first-order valence-corrected chi connectivity index (χ1v) is 17.6. The molecule has 1 fully saturated rings. The number of carbonyl (C=O) groups is 1. The number of nitrogens with one attached hydrogen (secondary N) is 3. The monoisotopic (exact) mass is 658 g/mol. The van der Waals surface area contributed by atoms with E-state index in [4.69, 9.17) is 9.52 Å². The van der Waals surface area contributed by atoms with Crippen LogP contribution in [-0.2, 0) is 15.3 Å². The maximum Gasteiger partial charge on any atom is 0.324 e. The second-order valence-corrected chi connectivity index (χ2v) is 16.0. The lowest BCUT2D eigenvalue weighted by molar-refractivity contribution is 0.262. The zero-order chi connectivity index (χ0) is 32.5. The number of hydrogen-bond donors (Lipinski definition) is 3. The van der Waals surface area contributed by atoms with Gasteiger partial charge in [-0.05, 0) is 80.7 Å². The van der Waals surface area contributed by atoms with Crippen molar-refractivity contribution < 1.29 is 17.6 Å². The van der Waals surface area contributed by atoms with Crippen LogP contribution in [0.2, 0.25) is 0 Å². The van der Waals surface area contributed by atoms with Gasteiger partial charge in [-0.1, -0.05) is 50.6 Å². The second-order valence-electron chi connectivity index (χ2n) is 12.7. The van der Waals surface area contributed by atoms with Gasteiger partial charge in [-0.15, -0.1) is 11.3 Å². The number of urea groups is 1. The molecule has 0 spiro atoms. The fourth-order valence-corrected chi connectivity index (χ4v) is 9.21. The summed E-state index contributed by atoms with van der Waals surface area (Å²) in [5.74, 6) is 1.03. The van der Waals surface area contributed by atoms with E-state index in [0.29, 0.717) is 31.9 Å². The van der Waals surface area contributed by atoms with Crippen molar-refractivity contribution in [3.8, 4) is 16.3 Å². The van der Waals surface area contributed by atoms with Gasteiger partial charge in [-0.2, -0.15) is 5.10 Å². The second kappa shape index (κ2) is 12.9. The van der Waals surface area contributed by atoms with Crippen molar-refractivity contribution in [1.82, 2.24) is 20.1 Å². The van der Waals surface area contributed by atoms with Crippen molar-refractivity contribution >= 4 is 38.7 Å². The number of piperidine rings is 1. The molecule has 3 aromatic heterocycles. The highest BCUT2D eigenvalue weighted by Crippen LogP contribution is 2.43. The fourth-order valence-electron chi connectivity index (χ4n) is 5.67. The number of carbonyl (C=O) groups excluding carboxylic acids is 1. The highest BCUT2D eigenvalue weighted by molar-refractivity contribution is 7.93. The number of nitrogens with zero attached hydrogens (tertiary/aromatic N) is 3. The first-order valence-electron chi connectivity index (χ1n) is 15.3. The number of anilines is 2. The Balaban J connectivity index is 1.23. The van der Waals surface area contributed by atoms with Crippen molar-refractivity contribution in [2.45, 2.75) is 55.4 Å². The lowest BCUT2D eigenvalue weighted by atomic mass is 9.90. The number of amides is 2. The molecule has 0 aliphatic carbocycles. The molecule has 0 radical (unpaired) electrons. The van der Waals surface area contributed by atoms with Crippen LogP contribution < -0.4 is 16.0 Å². The van der Waals surface area contributed by atoms with Gasteiger partial charge in [-0.3, -0.25) is 5.32 Å². The SMILES string of the molecule is Cc1ccc(-n2nc(C(C)(C)C)cc2NC(=O)Nc2ccc(C(C3CCNCC3)S(=O)(=O)c3ccc(-c4cnco4)s3)cc2)cc1. The Hall–Kier alpha value is -4.26. The summed E-state index contributed by atoms with van der Waals surface area (Å²) in [6.45, 7) is 9.77. The molecule has 4 heterocycles. The summed E-state index contributed by atoms with van der Waals surface area (Å²) in [4.78, 5) is 17.9. The van der Waals surface area contributed by atoms with E-state index in [1.54, 1.807) is 47.3 Å². The van der Waals surface area contributed by atoms with Crippen LogP contribution in [-0.4, -0.2) is 42.3 Å². The van der Waals surface area contributed by atoms with Crippen molar-refractivity contribution in [1.29, 1.82) is 0 Å². The van der Waals surface area contributed by atoms with Gasteiger partial charge < -0.3 is 15.1 Å². The quantitative estimate of drug-likeness (QED) is 0.159. The Morgan fingerprint density at radius 2 is 1.74 bits per heavy atom. The highest BCUT2D eigenvalue weighted by atomic mass is 32.2.